The minimum atomic E-state index is -0.148. The zero-order valence-electron chi connectivity index (χ0n) is 8.97. The van der Waals surface area contributed by atoms with Gasteiger partial charge in [-0.05, 0) is 55.4 Å². The molecule has 0 aromatic heterocycles. The molecule has 1 aromatic carbocycles. The third kappa shape index (κ3) is 2.52. The largest absolute Gasteiger partial charge is 0.207 e. The fourth-order valence-corrected chi connectivity index (χ4v) is 2.76. The summed E-state index contributed by atoms with van der Waals surface area (Å²) in [5.41, 5.74) is 2.29. The summed E-state index contributed by atoms with van der Waals surface area (Å²) >= 11 is 6.24. The lowest BCUT2D eigenvalue weighted by molar-refractivity contribution is 0.549. The van der Waals surface area contributed by atoms with Crippen LogP contribution in [0.2, 0.25) is 0 Å². The van der Waals surface area contributed by atoms with E-state index in [0.29, 0.717) is 11.3 Å². The van der Waals surface area contributed by atoms with Gasteiger partial charge in [-0.25, -0.2) is 4.39 Å². The molecule has 1 saturated carbocycles. The summed E-state index contributed by atoms with van der Waals surface area (Å²) < 4.78 is 12.9. The Kier molecular flexibility index (Phi) is 3.30. The highest BCUT2D eigenvalue weighted by molar-refractivity contribution is 6.20. The molecule has 1 aliphatic carbocycles. The molecule has 15 heavy (non-hydrogen) atoms. The molecule has 1 aromatic rings. The average molecular weight is 227 g/mol. The number of hydrogen-bond acceptors (Lipinski definition) is 0. The number of rotatable bonds is 2. The van der Waals surface area contributed by atoms with Gasteiger partial charge in [-0.15, -0.1) is 11.6 Å². The molecule has 2 rings (SSSR count). The van der Waals surface area contributed by atoms with Crippen molar-refractivity contribution in [2.75, 3.05) is 0 Å². The minimum Gasteiger partial charge on any atom is -0.207 e. The molecule has 1 aliphatic rings. The standard InChI is InChI=1S/C13H16ClF/c1-9-7-12(15)6-5-10(9)8-11-3-2-4-13(11)14/h5-7,11,13H,2-4,8H2,1H3. The lowest BCUT2D eigenvalue weighted by atomic mass is 9.95. The molecule has 0 aliphatic heterocycles. The third-order valence-electron chi connectivity index (χ3n) is 3.35. The second kappa shape index (κ2) is 4.52. The van der Waals surface area contributed by atoms with Gasteiger partial charge in [0, 0.05) is 5.38 Å². The van der Waals surface area contributed by atoms with Gasteiger partial charge in [0.15, 0.2) is 0 Å². The maximum absolute atomic E-state index is 12.9. The van der Waals surface area contributed by atoms with Crippen molar-refractivity contribution in [2.45, 2.75) is 38.0 Å². The van der Waals surface area contributed by atoms with Crippen LogP contribution in [0.1, 0.15) is 30.4 Å². The van der Waals surface area contributed by atoms with Gasteiger partial charge in [0.25, 0.3) is 0 Å². The third-order valence-corrected chi connectivity index (χ3v) is 3.93. The summed E-state index contributed by atoms with van der Waals surface area (Å²) in [6.07, 6.45) is 4.58. The van der Waals surface area contributed by atoms with Crippen LogP contribution < -0.4 is 0 Å². The molecule has 0 nitrogen and oxygen atoms in total. The summed E-state index contributed by atoms with van der Waals surface area (Å²) in [6, 6.07) is 5.04. The molecule has 2 unspecified atom stereocenters. The molecule has 0 bridgehead atoms. The Balaban J connectivity index is 2.10. The van der Waals surface area contributed by atoms with Crippen LogP contribution in [-0.2, 0) is 6.42 Å². The first-order chi connectivity index (χ1) is 7.16. The Bertz CT molecular complexity index is 348. The predicted octanol–water partition coefficient (Wildman–Crippen LogP) is 4.08. The fraction of sp³-hybridized carbons (Fsp3) is 0.538. The average Bonchev–Trinajstić information content (AvgIpc) is 2.57. The lowest BCUT2D eigenvalue weighted by Crippen LogP contribution is -2.11. The number of aryl methyl sites for hydroxylation is 1. The van der Waals surface area contributed by atoms with Gasteiger partial charge in [0.05, 0.1) is 0 Å². The van der Waals surface area contributed by atoms with Crippen LogP contribution in [-0.4, -0.2) is 5.38 Å². The first-order valence-electron chi connectivity index (χ1n) is 5.56. The highest BCUT2D eigenvalue weighted by Gasteiger charge is 2.25. The molecule has 0 amide bonds. The van der Waals surface area contributed by atoms with Crippen LogP contribution in [0.25, 0.3) is 0 Å². The molecule has 2 heteroatoms. The maximum atomic E-state index is 12.9. The van der Waals surface area contributed by atoms with Gasteiger partial charge in [0.1, 0.15) is 5.82 Å². The van der Waals surface area contributed by atoms with E-state index in [1.54, 1.807) is 12.1 Å². The maximum Gasteiger partial charge on any atom is 0.123 e. The van der Waals surface area contributed by atoms with Crippen molar-refractivity contribution in [1.82, 2.24) is 0 Å². The summed E-state index contributed by atoms with van der Waals surface area (Å²) in [4.78, 5) is 0. The van der Waals surface area contributed by atoms with Crippen LogP contribution in [0, 0.1) is 18.7 Å². The van der Waals surface area contributed by atoms with Crippen molar-refractivity contribution < 1.29 is 4.39 Å². The van der Waals surface area contributed by atoms with E-state index in [0.717, 1.165) is 18.4 Å². The fourth-order valence-electron chi connectivity index (χ4n) is 2.39. The van der Waals surface area contributed by atoms with Crippen LogP contribution in [0.4, 0.5) is 4.39 Å². The molecular weight excluding hydrogens is 211 g/mol. The SMILES string of the molecule is Cc1cc(F)ccc1CC1CCCC1Cl. The summed E-state index contributed by atoms with van der Waals surface area (Å²) in [5, 5.41) is 0.314. The topological polar surface area (TPSA) is 0 Å². The molecule has 0 N–H and O–H groups in total. The molecular formula is C13H16ClF. The van der Waals surface area contributed by atoms with Gasteiger partial charge < -0.3 is 0 Å². The van der Waals surface area contributed by atoms with Crippen LogP contribution in [0.3, 0.4) is 0 Å². The minimum absolute atomic E-state index is 0.148. The second-order valence-corrected chi connectivity index (χ2v) is 5.04. The summed E-state index contributed by atoms with van der Waals surface area (Å²) in [5.74, 6) is 0.431. The lowest BCUT2D eigenvalue weighted by Gasteiger charge is -2.15. The van der Waals surface area contributed by atoms with Crippen molar-refractivity contribution in [3.63, 3.8) is 0 Å². The number of halogens is 2. The molecule has 0 spiro atoms. The van der Waals surface area contributed by atoms with E-state index >= 15 is 0 Å². The van der Waals surface area contributed by atoms with Crippen LogP contribution in [0.5, 0.6) is 0 Å². The molecule has 0 radical (unpaired) electrons. The van der Waals surface area contributed by atoms with Crippen molar-refractivity contribution in [2.24, 2.45) is 5.92 Å². The van der Waals surface area contributed by atoms with Gasteiger partial charge in [-0.3, -0.25) is 0 Å². The normalized spacial score (nSPS) is 25.8. The predicted molar refractivity (Wildman–Crippen MR) is 61.8 cm³/mol. The van der Waals surface area contributed by atoms with Crippen LogP contribution in [0.15, 0.2) is 18.2 Å². The van der Waals surface area contributed by atoms with Gasteiger partial charge in [-0.1, -0.05) is 12.5 Å². The molecule has 1 fully saturated rings. The van der Waals surface area contributed by atoms with E-state index in [-0.39, 0.29) is 5.82 Å². The molecule has 82 valence electrons. The Hall–Kier alpha value is -0.560. The quantitative estimate of drug-likeness (QED) is 0.667. The Morgan fingerprint density at radius 1 is 1.40 bits per heavy atom. The molecule has 0 heterocycles. The van der Waals surface area contributed by atoms with Crippen molar-refractivity contribution in [3.8, 4) is 0 Å². The van der Waals surface area contributed by atoms with Crippen molar-refractivity contribution in [1.29, 1.82) is 0 Å². The summed E-state index contributed by atoms with van der Waals surface area (Å²) in [6.45, 7) is 1.97. The monoisotopic (exact) mass is 226 g/mol. The summed E-state index contributed by atoms with van der Waals surface area (Å²) in [7, 11) is 0. The Morgan fingerprint density at radius 3 is 2.80 bits per heavy atom. The van der Waals surface area contributed by atoms with Crippen molar-refractivity contribution in [3.05, 3.63) is 35.1 Å². The van der Waals surface area contributed by atoms with Crippen molar-refractivity contribution >= 4 is 11.6 Å². The van der Waals surface area contributed by atoms with E-state index in [9.17, 15) is 4.39 Å². The smallest absolute Gasteiger partial charge is 0.123 e. The van der Waals surface area contributed by atoms with E-state index < -0.39 is 0 Å². The first-order valence-corrected chi connectivity index (χ1v) is 5.99. The van der Waals surface area contributed by atoms with E-state index in [2.05, 4.69) is 0 Å². The number of alkyl halides is 1. The highest BCUT2D eigenvalue weighted by atomic mass is 35.5. The van der Waals surface area contributed by atoms with E-state index in [1.807, 2.05) is 13.0 Å². The number of benzene rings is 1. The Labute approximate surface area is 95.4 Å². The van der Waals surface area contributed by atoms with Gasteiger partial charge in [-0.2, -0.15) is 0 Å². The van der Waals surface area contributed by atoms with E-state index in [1.165, 1.54) is 18.4 Å². The van der Waals surface area contributed by atoms with E-state index in [4.69, 9.17) is 11.6 Å². The first kappa shape index (κ1) is 10.9. The molecule has 0 saturated heterocycles. The second-order valence-electron chi connectivity index (χ2n) is 4.48. The Morgan fingerprint density at radius 2 is 2.20 bits per heavy atom. The highest BCUT2D eigenvalue weighted by Crippen LogP contribution is 2.33. The zero-order chi connectivity index (χ0) is 10.8. The number of hydrogen-bond donors (Lipinski definition) is 0. The van der Waals surface area contributed by atoms with Gasteiger partial charge in [0.2, 0.25) is 0 Å². The van der Waals surface area contributed by atoms with Crippen LogP contribution >= 0.6 is 11.6 Å². The zero-order valence-corrected chi connectivity index (χ0v) is 9.73. The van der Waals surface area contributed by atoms with Gasteiger partial charge >= 0.3 is 0 Å². The molecule has 2 atom stereocenters.